The molecule has 1 unspecified atom stereocenters. The molecule has 0 aliphatic heterocycles. The summed E-state index contributed by atoms with van der Waals surface area (Å²) in [5.74, 6) is -1.28. The number of carbonyl (C=O) groups is 1. The van der Waals surface area contributed by atoms with Crippen LogP contribution in [0.25, 0.3) is 10.2 Å². The summed E-state index contributed by atoms with van der Waals surface area (Å²) < 4.78 is 20.8. The van der Waals surface area contributed by atoms with E-state index in [1.165, 1.54) is 12.1 Å². The van der Waals surface area contributed by atoms with Gasteiger partial charge in [-0.3, -0.25) is 4.79 Å². The molecule has 0 radical (unpaired) electrons. The zero-order chi connectivity index (χ0) is 24.9. The van der Waals surface area contributed by atoms with E-state index in [2.05, 4.69) is 16.4 Å². The molecule has 5 nitrogen and oxygen atoms in total. The van der Waals surface area contributed by atoms with E-state index in [1.807, 2.05) is 51.1 Å². The fourth-order valence-corrected chi connectivity index (χ4v) is 5.18. The Bertz CT molecular complexity index is 1320. The Hall–Kier alpha value is -3.29. The van der Waals surface area contributed by atoms with Crippen LogP contribution in [0.5, 0.6) is 0 Å². The molecule has 0 aliphatic carbocycles. The molecule has 4 rings (SSSR count). The number of hydrogen-bond acceptors (Lipinski definition) is 5. The van der Waals surface area contributed by atoms with E-state index >= 15 is 0 Å². The molecular formula is C28H29FN2O3S. The molecule has 35 heavy (non-hydrogen) atoms. The van der Waals surface area contributed by atoms with Crippen molar-refractivity contribution in [2.75, 3.05) is 11.9 Å². The molecule has 0 fully saturated rings. The lowest BCUT2D eigenvalue weighted by molar-refractivity contribution is -0.137. The van der Waals surface area contributed by atoms with Gasteiger partial charge in [-0.15, -0.1) is 11.3 Å². The number of carboxylic acid groups (broad SMARTS) is 1. The molecule has 0 spiro atoms. The summed E-state index contributed by atoms with van der Waals surface area (Å²) in [5, 5.41) is 14.0. The number of benzene rings is 3. The molecule has 0 saturated heterocycles. The average Bonchev–Trinajstić information content (AvgIpc) is 3.20. The second kappa shape index (κ2) is 11.0. The van der Waals surface area contributed by atoms with Gasteiger partial charge in [-0.2, -0.15) is 0 Å². The third-order valence-corrected chi connectivity index (χ3v) is 6.89. The van der Waals surface area contributed by atoms with E-state index in [4.69, 9.17) is 4.74 Å². The molecule has 182 valence electrons. The van der Waals surface area contributed by atoms with E-state index in [0.29, 0.717) is 13.0 Å². The Balaban J connectivity index is 1.77. The number of aryl methyl sites for hydroxylation is 1. The van der Waals surface area contributed by atoms with Gasteiger partial charge in [0.15, 0.2) is 0 Å². The summed E-state index contributed by atoms with van der Waals surface area (Å²) in [6.07, 6.45) is 0.327. The second-order valence-corrected chi connectivity index (χ2v) is 9.75. The molecule has 2 atom stereocenters. The van der Waals surface area contributed by atoms with Crippen LogP contribution < -0.4 is 5.32 Å². The number of fused-ring (bicyclic) bond motifs is 1. The number of aromatic nitrogens is 1. The van der Waals surface area contributed by atoms with Gasteiger partial charge in [-0.1, -0.05) is 25.1 Å². The van der Waals surface area contributed by atoms with E-state index in [9.17, 15) is 14.3 Å². The third kappa shape index (κ3) is 6.05. The summed E-state index contributed by atoms with van der Waals surface area (Å²) in [7, 11) is 0. The second-order valence-electron chi connectivity index (χ2n) is 8.52. The van der Waals surface area contributed by atoms with Gasteiger partial charge in [-0.05, 0) is 85.3 Å². The van der Waals surface area contributed by atoms with E-state index in [1.54, 1.807) is 23.5 Å². The number of nitrogens with zero attached hydrogens (tertiary/aromatic N) is 1. The minimum Gasteiger partial charge on any atom is -0.481 e. The fraction of sp³-hybridized carbons (Fsp3) is 0.286. The van der Waals surface area contributed by atoms with Crippen molar-refractivity contribution in [3.8, 4) is 0 Å². The number of anilines is 2. The quantitative estimate of drug-likeness (QED) is 0.239. The Morgan fingerprint density at radius 2 is 1.77 bits per heavy atom. The number of ether oxygens (including phenoxy) is 1. The zero-order valence-electron chi connectivity index (χ0n) is 20.0. The number of rotatable bonds is 10. The first-order chi connectivity index (χ1) is 16.9. The standard InChI is InChI=1S/C28H29FN2O3S/c1-4-18(15-27(32)33)20-12-21(28(34-5-2)19-6-8-22(29)9-7-19)14-24(13-20)31-23-10-11-25-26(16-23)35-17(3)30-25/h6-14,16,18,28,31H,4-5,15H2,1-3H3,(H,32,33)/t18?,28-/m0/s1. The average molecular weight is 493 g/mol. The fourth-order valence-electron chi connectivity index (χ4n) is 4.32. The maximum Gasteiger partial charge on any atom is 0.303 e. The van der Waals surface area contributed by atoms with Crippen LogP contribution in [0.2, 0.25) is 0 Å². The lowest BCUT2D eigenvalue weighted by atomic mass is 9.89. The van der Waals surface area contributed by atoms with E-state index in [-0.39, 0.29) is 18.2 Å². The van der Waals surface area contributed by atoms with Crippen LogP contribution in [0.4, 0.5) is 15.8 Å². The van der Waals surface area contributed by atoms with Crippen LogP contribution in [0.15, 0.2) is 60.7 Å². The number of thiazole rings is 1. The van der Waals surface area contributed by atoms with Crippen molar-refractivity contribution in [2.45, 2.75) is 45.6 Å². The summed E-state index contributed by atoms with van der Waals surface area (Å²) >= 11 is 1.64. The smallest absolute Gasteiger partial charge is 0.303 e. The van der Waals surface area contributed by atoms with Gasteiger partial charge in [0.2, 0.25) is 0 Å². The number of aliphatic carboxylic acids is 1. The molecule has 0 bridgehead atoms. The minimum atomic E-state index is -0.831. The van der Waals surface area contributed by atoms with Gasteiger partial charge in [0.25, 0.3) is 0 Å². The van der Waals surface area contributed by atoms with Crippen molar-refractivity contribution in [2.24, 2.45) is 0 Å². The predicted molar refractivity (Wildman–Crippen MR) is 139 cm³/mol. The molecular weight excluding hydrogens is 463 g/mol. The van der Waals surface area contributed by atoms with Crippen LogP contribution in [0, 0.1) is 12.7 Å². The number of hydrogen-bond donors (Lipinski definition) is 2. The molecule has 2 N–H and O–H groups in total. The third-order valence-electron chi connectivity index (χ3n) is 5.96. The van der Waals surface area contributed by atoms with Gasteiger partial charge in [0, 0.05) is 18.0 Å². The Morgan fingerprint density at radius 1 is 1.03 bits per heavy atom. The molecule has 1 heterocycles. The normalized spacial score (nSPS) is 13.0. The van der Waals surface area contributed by atoms with Gasteiger partial charge in [-0.25, -0.2) is 9.37 Å². The first-order valence-corrected chi connectivity index (χ1v) is 12.6. The molecule has 0 amide bonds. The number of carboxylic acids is 1. The highest BCUT2D eigenvalue weighted by Gasteiger charge is 2.20. The summed E-state index contributed by atoms with van der Waals surface area (Å²) in [6.45, 7) is 6.38. The van der Waals surface area contributed by atoms with Gasteiger partial charge in [0.1, 0.15) is 11.9 Å². The van der Waals surface area contributed by atoms with Crippen molar-refractivity contribution in [3.63, 3.8) is 0 Å². The molecule has 0 saturated carbocycles. The minimum absolute atomic E-state index is 0.0430. The highest BCUT2D eigenvalue weighted by atomic mass is 32.1. The summed E-state index contributed by atoms with van der Waals surface area (Å²) in [4.78, 5) is 16.1. The predicted octanol–water partition coefficient (Wildman–Crippen LogP) is 7.58. The largest absolute Gasteiger partial charge is 0.481 e. The first kappa shape index (κ1) is 24.8. The molecule has 1 aromatic heterocycles. The molecule has 4 aromatic rings. The number of nitrogens with one attached hydrogen (secondary N) is 1. The van der Waals surface area contributed by atoms with Crippen molar-refractivity contribution in [3.05, 3.63) is 88.2 Å². The Morgan fingerprint density at radius 3 is 2.46 bits per heavy atom. The topological polar surface area (TPSA) is 71.5 Å². The van der Waals surface area contributed by atoms with Crippen LogP contribution in [0.1, 0.15) is 60.4 Å². The van der Waals surface area contributed by atoms with Gasteiger partial charge < -0.3 is 15.2 Å². The highest BCUT2D eigenvalue weighted by Crippen LogP contribution is 2.35. The van der Waals surface area contributed by atoms with Crippen LogP contribution >= 0.6 is 11.3 Å². The summed E-state index contributed by atoms with van der Waals surface area (Å²) in [6, 6.07) is 18.4. The van der Waals surface area contributed by atoms with Gasteiger partial charge in [0.05, 0.1) is 21.6 Å². The number of halogens is 1. The molecule has 3 aromatic carbocycles. The first-order valence-electron chi connectivity index (χ1n) is 11.7. The van der Waals surface area contributed by atoms with Gasteiger partial charge >= 0.3 is 5.97 Å². The summed E-state index contributed by atoms with van der Waals surface area (Å²) in [5.41, 5.74) is 5.38. The van der Waals surface area contributed by atoms with Crippen molar-refractivity contribution in [1.29, 1.82) is 0 Å². The lowest BCUT2D eigenvalue weighted by Crippen LogP contribution is -2.10. The maximum absolute atomic E-state index is 13.6. The maximum atomic E-state index is 13.6. The monoisotopic (exact) mass is 492 g/mol. The zero-order valence-corrected chi connectivity index (χ0v) is 20.9. The van der Waals surface area contributed by atoms with Crippen molar-refractivity contribution in [1.82, 2.24) is 4.98 Å². The van der Waals surface area contributed by atoms with E-state index < -0.39 is 12.1 Å². The van der Waals surface area contributed by atoms with Crippen molar-refractivity contribution >= 4 is 38.9 Å². The Kier molecular flexibility index (Phi) is 7.78. The highest BCUT2D eigenvalue weighted by molar-refractivity contribution is 7.18. The Labute approximate surface area is 208 Å². The van der Waals surface area contributed by atoms with Crippen LogP contribution in [-0.2, 0) is 9.53 Å². The lowest BCUT2D eigenvalue weighted by Gasteiger charge is -2.23. The molecule has 0 aliphatic rings. The SMILES string of the molecule is CCO[C@@H](c1ccc(F)cc1)c1cc(Nc2ccc3nc(C)sc3c2)cc(C(CC)CC(=O)O)c1. The van der Waals surface area contributed by atoms with Crippen LogP contribution in [-0.4, -0.2) is 22.7 Å². The van der Waals surface area contributed by atoms with Crippen molar-refractivity contribution < 1.29 is 19.0 Å². The molecule has 7 heteroatoms. The van der Waals surface area contributed by atoms with Crippen LogP contribution in [0.3, 0.4) is 0 Å². The van der Waals surface area contributed by atoms with E-state index in [0.717, 1.165) is 43.3 Å².